The summed E-state index contributed by atoms with van der Waals surface area (Å²) < 4.78 is 5.57. The summed E-state index contributed by atoms with van der Waals surface area (Å²) in [4.78, 5) is 0. The molecule has 1 nitrogen and oxygen atoms in total. The fourth-order valence-corrected chi connectivity index (χ4v) is 10.4. The van der Waals surface area contributed by atoms with E-state index in [1.807, 2.05) is 6.08 Å². The Morgan fingerprint density at radius 1 is 0.968 bits per heavy atom. The molecular formula is C28H52NPTi. The van der Waals surface area contributed by atoms with Crippen LogP contribution in [0.15, 0.2) is 53.5 Å². The molecule has 0 N–H and O–H groups in total. The molecule has 0 spiro atoms. The average molecular weight is 482 g/mol. The van der Waals surface area contributed by atoms with Crippen molar-refractivity contribution in [2.24, 2.45) is 10.2 Å². The molecule has 0 amide bonds. The molecule has 0 aromatic rings. The third-order valence-electron chi connectivity index (χ3n) is 6.02. The van der Waals surface area contributed by atoms with Crippen molar-refractivity contribution in [1.29, 1.82) is 0 Å². The first-order valence-corrected chi connectivity index (χ1v) is 14.3. The predicted molar refractivity (Wildman–Crippen MR) is 143 cm³/mol. The summed E-state index contributed by atoms with van der Waals surface area (Å²) >= 11 is 0. The molecule has 0 aromatic carbocycles. The van der Waals surface area contributed by atoms with Gasteiger partial charge in [0.2, 0.25) is 0 Å². The Morgan fingerprint density at radius 2 is 1.42 bits per heavy atom. The largest absolute Gasteiger partial charge is 0.271 e. The third-order valence-corrected chi connectivity index (χ3v) is 11.6. The molecule has 0 saturated heterocycles. The summed E-state index contributed by atoms with van der Waals surface area (Å²) in [5, 5.41) is 0. The molecule has 0 saturated carbocycles. The van der Waals surface area contributed by atoms with Crippen molar-refractivity contribution in [1.82, 2.24) is 0 Å². The fraction of sp³-hybridized carbons (Fsp3) is 0.714. The van der Waals surface area contributed by atoms with Crippen LogP contribution in [-0.4, -0.2) is 17.0 Å². The van der Waals surface area contributed by atoms with E-state index in [9.17, 15) is 0 Å². The van der Waals surface area contributed by atoms with Gasteiger partial charge in [-0.3, -0.25) is 4.74 Å². The topological polar surface area (TPSA) is 12.4 Å². The maximum absolute atomic E-state index is 5.57. The Morgan fingerprint density at radius 3 is 1.68 bits per heavy atom. The first kappa shape index (κ1) is 33.1. The van der Waals surface area contributed by atoms with Crippen LogP contribution in [0.5, 0.6) is 0 Å². The van der Waals surface area contributed by atoms with Crippen LogP contribution in [0.1, 0.15) is 107 Å². The van der Waals surface area contributed by atoms with Crippen LogP contribution in [0.3, 0.4) is 0 Å². The Hall–Kier alpha value is -0.0957. The van der Waals surface area contributed by atoms with Crippen LogP contribution in [-0.2, 0) is 21.7 Å². The summed E-state index contributed by atoms with van der Waals surface area (Å²) in [5.74, 6) is 0. The van der Waals surface area contributed by atoms with Crippen LogP contribution in [0.2, 0.25) is 0 Å². The van der Waals surface area contributed by atoms with E-state index in [0.717, 1.165) is 23.4 Å². The minimum atomic E-state index is -1.35. The standard InChI is InChI=1S/C20H38NP.C8H14.Ti/c1-7-12-17(4)22(18(5)13-8-2,19(6)14-9-3)21-20-15-10-11-16-20;1-5-6-7-8(2,3)4;/h10-11,15,17-19H,7-9,12-14,16H2,1-6H3;5-7H,1H2,2-4H3;. The predicted octanol–water partition coefficient (Wildman–Crippen LogP) is 10.4. The zero-order chi connectivity index (χ0) is 23.2. The molecule has 0 heterocycles. The summed E-state index contributed by atoms with van der Waals surface area (Å²) in [7, 11) is -1.35. The van der Waals surface area contributed by atoms with E-state index >= 15 is 0 Å². The molecule has 3 unspecified atom stereocenters. The van der Waals surface area contributed by atoms with Crippen LogP contribution < -0.4 is 0 Å². The molecule has 31 heavy (non-hydrogen) atoms. The van der Waals surface area contributed by atoms with E-state index in [2.05, 4.69) is 93.2 Å². The molecule has 3 atom stereocenters. The molecule has 0 fully saturated rings. The van der Waals surface area contributed by atoms with Crippen molar-refractivity contribution in [2.45, 2.75) is 124 Å². The number of nitrogens with zero attached hydrogens (tertiary/aromatic N) is 1. The van der Waals surface area contributed by atoms with E-state index < -0.39 is 7.05 Å². The minimum absolute atomic E-state index is 0. The third kappa shape index (κ3) is 12.1. The second-order valence-corrected chi connectivity index (χ2v) is 14.5. The maximum atomic E-state index is 5.57. The SMILES string of the molecule is C=CC=CC(C)(C)C.CCCC(C)P(=NC1=CC=CC1)(C(C)CCC)C(C)CCC.[Ti]. The van der Waals surface area contributed by atoms with Crippen LogP contribution in [0.25, 0.3) is 0 Å². The first-order chi connectivity index (χ1) is 14.1. The average Bonchev–Trinajstić information content (AvgIpc) is 3.18. The van der Waals surface area contributed by atoms with Gasteiger partial charge in [0.25, 0.3) is 0 Å². The van der Waals surface area contributed by atoms with Gasteiger partial charge in [-0.05, 0) is 54.8 Å². The Bertz CT molecular complexity index is 583. The van der Waals surface area contributed by atoms with Crippen molar-refractivity contribution < 1.29 is 21.7 Å². The summed E-state index contributed by atoms with van der Waals surface area (Å²) in [6, 6.07) is 0. The summed E-state index contributed by atoms with van der Waals surface area (Å²) in [6.45, 7) is 24.6. The molecule has 0 aromatic heterocycles. The van der Waals surface area contributed by atoms with Crippen molar-refractivity contribution in [3.8, 4) is 0 Å². The Balaban J connectivity index is 0. The molecule has 1 aliphatic rings. The molecule has 1 aliphatic carbocycles. The van der Waals surface area contributed by atoms with Gasteiger partial charge in [0.15, 0.2) is 0 Å². The van der Waals surface area contributed by atoms with Crippen molar-refractivity contribution >= 4 is 7.05 Å². The van der Waals surface area contributed by atoms with Crippen molar-refractivity contribution in [2.75, 3.05) is 0 Å². The number of hydrogen-bond donors (Lipinski definition) is 0. The van der Waals surface area contributed by atoms with Gasteiger partial charge in [0.1, 0.15) is 0 Å². The van der Waals surface area contributed by atoms with Crippen LogP contribution in [0.4, 0.5) is 0 Å². The van der Waals surface area contributed by atoms with Gasteiger partial charge >= 0.3 is 0 Å². The first-order valence-electron chi connectivity index (χ1n) is 12.4. The normalized spacial score (nSPS) is 18.2. The van der Waals surface area contributed by atoms with Crippen LogP contribution >= 0.6 is 7.05 Å². The Kier molecular flexibility index (Phi) is 18.6. The van der Waals surface area contributed by atoms with E-state index in [1.54, 1.807) is 6.08 Å². The number of rotatable bonds is 11. The second kappa shape index (κ2) is 17.4. The van der Waals surface area contributed by atoms with Gasteiger partial charge in [-0.2, -0.15) is 0 Å². The summed E-state index contributed by atoms with van der Waals surface area (Å²) in [5.41, 5.74) is 3.95. The maximum Gasteiger partial charge on any atom is 0.0425 e. The van der Waals surface area contributed by atoms with Crippen molar-refractivity contribution in [3.05, 3.63) is 48.7 Å². The molecule has 178 valence electrons. The van der Waals surface area contributed by atoms with Crippen LogP contribution in [0, 0.1) is 5.41 Å². The second-order valence-electron chi connectivity index (χ2n) is 10.1. The molecule has 0 bridgehead atoms. The summed E-state index contributed by atoms with van der Waals surface area (Å²) in [6.07, 6.45) is 21.5. The molecule has 0 aliphatic heterocycles. The van der Waals surface area contributed by atoms with Gasteiger partial charge < -0.3 is 0 Å². The van der Waals surface area contributed by atoms with E-state index in [-0.39, 0.29) is 21.7 Å². The van der Waals surface area contributed by atoms with E-state index in [1.165, 1.54) is 44.2 Å². The quantitative estimate of drug-likeness (QED) is 0.158. The zero-order valence-corrected chi connectivity index (χ0v) is 24.7. The minimum Gasteiger partial charge on any atom is -0.271 e. The Labute approximate surface area is 211 Å². The molecule has 1 rings (SSSR count). The molecular weight excluding hydrogens is 429 g/mol. The monoisotopic (exact) mass is 481 g/mol. The van der Waals surface area contributed by atoms with E-state index in [0.29, 0.717) is 5.41 Å². The van der Waals surface area contributed by atoms with Gasteiger partial charge in [0.05, 0.1) is 0 Å². The van der Waals surface area contributed by atoms with E-state index in [4.69, 9.17) is 4.74 Å². The fourth-order valence-electron chi connectivity index (χ4n) is 4.56. The van der Waals surface area contributed by atoms with Gasteiger partial charge in [-0.1, -0.05) is 119 Å². The van der Waals surface area contributed by atoms with Gasteiger partial charge in [-0.25, -0.2) is 0 Å². The molecule has 0 radical (unpaired) electrons. The van der Waals surface area contributed by atoms with Gasteiger partial charge in [0, 0.05) is 33.8 Å². The molecule has 3 heteroatoms. The number of allylic oxidation sites excluding steroid dienone is 6. The smallest absolute Gasteiger partial charge is 0.0425 e. The van der Waals surface area contributed by atoms with Crippen molar-refractivity contribution in [3.63, 3.8) is 0 Å². The number of hydrogen-bond acceptors (Lipinski definition) is 1. The van der Waals surface area contributed by atoms with Gasteiger partial charge in [-0.15, -0.1) is 0 Å². The zero-order valence-electron chi connectivity index (χ0n) is 22.2.